The van der Waals surface area contributed by atoms with Crippen molar-refractivity contribution >= 4 is 34.1 Å². The average molecular weight is 467 g/mol. The predicted octanol–water partition coefficient (Wildman–Crippen LogP) is 5.37. The molecule has 0 bridgehead atoms. The zero-order valence-corrected chi connectivity index (χ0v) is 19.6. The molecule has 0 aliphatic heterocycles. The van der Waals surface area contributed by atoms with E-state index in [0.717, 1.165) is 33.5 Å². The predicted molar refractivity (Wildman–Crippen MR) is 134 cm³/mol. The first kappa shape index (κ1) is 21.8. The first-order valence-corrected chi connectivity index (χ1v) is 11.8. The molecule has 2 heterocycles. The molecule has 0 aliphatic carbocycles. The lowest BCUT2D eigenvalue weighted by atomic mass is 10.1. The summed E-state index contributed by atoms with van der Waals surface area (Å²) in [5, 5.41) is 14.3. The highest BCUT2D eigenvalue weighted by atomic mass is 32.2. The van der Waals surface area contributed by atoms with Crippen LogP contribution in [0.4, 0.5) is 5.69 Å². The van der Waals surface area contributed by atoms with Crippen LogP contribution in [0, 0.1) is 13.8 Å². The molecule has 5 rings (SSSR count). The molecule has 1 amide bonds. The topological polar surface area (TPSA) is 85.6 Å². The van der Waals surface area contributed by atoms with Crippen LogP contribution in [0.5, 0.6) is 0 Å². The maximum absolute atomic E-state index is 13.4. The van der Waals surface area contributed by atoms with Crippen molar-refractivity contribution in [1.82, 2.24) is 25.0 Å². The Morgan fingerprint density at radius 2 is 1.62 bits per heavy atom. The zero-order valence-electron chi connectivity index (χ0n) is 18.8. The molecule has 0 unspecified atom stereocenters. The van der Waals surface area contributed by atoms with Gasteiger partial charge in [-0.25, -0.2) is 14.6 Å². The normalized spacial score (nSPS) is 11.0. The van der Waals surface area contributed by atoms with Gasteiger partial charge in [-0.2, -0.15) is 0 Å². The van der Waals surface area contributed by atoms with Crippen LogP contribution in [-0.2, 0) is 5.75 Å². The lowest BCUT2D eigenvalue weighted by Gasteiger charge is -2.10. The molecule has 0 spiro atoms. The van der Waals surface area contributed by atoms with Gasteiger partial charge in [0, 0.05) is 28.2 Å². The average Bonchev–Trinajstić information content (AvgIpc) is 3.27. The Bertz CT molecular complexity index is 1460. The summed E-state index contributed by atoms with van der Waals surface area (Å²) in [4.78, 5) is 22.4. The molecular weight excluding hydrogens is 444 g/mol. The fourth-order valence-corrected chi connectivity index (χ4v) is 4.73. The van der Waals surface area contributed by atoms with Gasteiger partial charge in [0.2, 0.25) is 0 Å². The molecule has 8 heteroatoms. The Morgan fingerprint density at radius 3 is 2.41 bits per heavy atom. The van der Waals surface area contributed by atoms with Crippen LogP contribution >= 0.6 is 11.8 Å². The molecule has 3 aromatic carbocycles. The maximum Gasteiger partial charge on any atom is 0.278 e. The lowest BCUT2D eigenvalue weighted by molar-refractivity contribution is 0.102. The minimum absolute atomic E-state index is 0.272. The molecule has 0 fully saturated rings. The van der Waals surface area contributed by atoms with Crippen molar-refractivity contribution in [2.45, 2.75) is 24.8 Å². The maximum atomic E-state index is 13.4. The summed E-state index contributed by atoms with van der Waals surface area (Å²) in [6.07, 6.45) is 0. The molecule has 5 aromatic rings. The van der Waals surface area contributed by atoms with E-state index in [1.54, 1.807) is 4.68 Å². The molecular formula is C26H22N6OS. The minimum atomic E-state index is -0.310. The standard InChI is InChI=1S/C26H22N6OS/c1-17-15-18(2)28-26(27-17)34-16-23-24(30-31-32(23)20-11-4-3-5-12-20)25(33)29-22-14-8-10-19-9-6-7-13-21(19)22/h3-15H,16H2,1-2H3,(H,29,33). The summed E-state index contributed by atoms with van der Waals surface area (Å²) in [7, 11) is 0. The number of aryl methyl sites for hydroxylation is 2. The molecule has 2 aromatic heterocycles. The van der Waals surface area contributed by atoms with Crippen molar-refractivity contribution < 1.29 is 4.79 Å². The van der Waals surface area contributed by atoms with Gasteiger partial charge < -0.3 is 5.32 Å². The van der Waals surface area contributed by atoms with Crippen molar-refractivity contribution in [2.75, 3.05) is 5.32 Å². The van der Waals surface area contributed by atoms with E-state index in [1.165, 1.54) is 11.8 Å². The SMILES string of the molecule is Cc1cc(C)nc(SCc2c(C(=O)Nc3cccc4ccccc34)nnn2-c2ccccc2)n1. The van der Waals surface area contributed by atoms with Gasteiger partial charge in [0.25, 0.3) is 5.91 Å². The Balaban J connectivity index is 1.50. The summed E-state index contributed by atoms with van der Waals surface area (Å²) in [6.45, 7) is 3.88. The van der Waals surface area contributed by atoms with E-state index >= 15 is 0 Å². The van der Waals surface area contributed by atoms with Gasteiger partial charge in [-0.1, -0.05) is 71.6 Å². The fraction of sp³-hybridized carbons (Fsp3) is 0.115. The van der Waals surface area contributed by atoms with E-state index in [9.17, 15) is 4.79 Å². The third kappa shape index (κ3) is 4.53. The number of nitrogens with zero attached hydrogens (tertiary/aromatic N) is 5. The summed E-state index contributed by atoms with van der Waals surface area (Å²) >= 11 is 1.45. The number of thioether (sulfide) groups is 1. The second-order valence-corrected chi connectivity index (χ2v) is 8.78. The first-order valence-electron chi connectivity index (χ1n) is 10.8. The third-order valence-electron chi connectivity index (χ3n) is 5.32. The molecule has 0 saturated heterocycles. The Hall–Kier alpha value is -4.04. The van der Waals surface area contributed by atoms with Crippen LogP contribution in [0.3, 0.4) is 0 Å². The van der Waals surface area contributed by atoms with Crippen LogP contribution in [0.15, 0.2) is 84.0 Å². The summed E-state index contributed by atoms with van der Waals surface area (Å²) in [5.41, 5.74) is 4.31. The summed E-state index contributed by atoms with van der Waals surface area (Å²) in [6, 6.07) is 25.4. The Kier molecular flexibility index (Phi) is 6.05. The number of rotatable bonds is 6. The van der Waals surface area contributed by atoms with Crippen molar-refractivity contribution in [2.24, 2.45) is 0 Å². The van der Waals surface area contributed by atoms with Crippen molar-refractivity contribution in [3.8, 4) is 5.69 Å². The summed E-state index contributed by atoms with van der Waals surface area (Å²) in [5.74, 6) is 0.124. The van der Waals surface area contributed by atoms with Gasteiger partial charge in [-0.05, 0) is 43.5 Å². The molecule has 7 nitrogen and oxygen atoms in total. The molecule has 0 aliphatic rings. The van der Waals surface area contributed by atoms with Gasteiger partial charge >= 0.3 is 0 Å². The van der Waals surface area contributed by atoms with Crippen LogP contribution in [-0.4, -0.2) is 30.9 Å². The quantitative estimate of drug-likeness (QED) is 0.267. The lowest BCUT2D eigenvalue weighted by Crippen LogP contribution is -2.15. The fourth-order valence-electron chi connectivity index (χ4n) is 3.79. The minimum Gasteiger partial charge on any atom is -0.320 e. The highest BCUT2D eigenvalue weighted by Gasteiger charge is 2.22. The van der Waals surface area contributed by atoms with Gasteiger partial charge in [-0.3, -0.25) is 4.79 Å². The number of aromatic nitrogens is 5. The highest BCUT2D eigenvalue weighted by Crippen LogP contribution is 2.26. The number of hydrogen-bond donors (Lipinski definition) is 1. The number of para-hydroxylation sites is 1. The van der Waals surface area contributed by atoms with Gasteiger partial charge in [0.15, 0.2) is 10.9 Å². The number of nitrogens with one attached hydrogen (secondary N) is 1. The third-order valence-corrected chi connectivity index (χ3v) is 6.18. The van der Waals surface area contributed by atoms with E-state index in [1.807, 2.05) is 92.7 Å². The number of carbonyl (C=O) groups is 1. The number of anilines is 1. The largest absolute Gasteiger partial charge is 0.320 e. The van der Waals surface area contributed by atoms with Gasteiger partial charge in [-0.15, -0.1) is 5.10 Å². The van der Waals surface area contributed by atoms with Crippen LogP contribution < -0.4 is 5.32 Å². The van der Waals surface area contributed by atoms with Crippen molar-refractivity contribution in [3.05, 3.63) is 102 Å². The van der Waals surface area contributed by atoms with Crippen LogP contribution in [0.1, 0.15) is 27.6 Å². The van der Waals surface area contributed by atoms with E-state index in [2.05, 4.69) is 25.6 Å². The molecule has 0 atom stereocenters. The van der Waals surface area contributed by atoms with Crippen molar-refractivity contribution in [3.63, 3.8) is 0 Å². The Morgan fingerprint density at radius 1 is 0.912 bits per heavy atom. The van der Waals surface area contributed by atoms with Gasteiger partial charge in [0.1, 0.15) is 0 Å². The van der Waals surface area contributed by atoms with Crippen molar-refractivity contribution in [1.29, 1.82) is 0 Å². The van der Waals surface area contributed by atoms with Crippen LogP contribution in [0.25, 0.3) is 16.5 Å². The van der Waals surface area contributed by atoms with Gasteiger partial charge in [0.05, 0.1) is 11.4 Å². The number of hydrogen-bond acceptors (Lipinski definition) is 6. The van der Waals surface area contributed by atoms with Crippen LogP contribution in [0.2, 0.25) is 0 Å². The number of carbonyl (C=O) groups excluding carboxylic acids is 1. The molecule has 168 valence electrons. The molecule has 34 heavy (non-hydrogen) atoms. The molecule has 0 radical (unpaired) electrons. The highest BCUT2D eigenvalue weighted by molar-refractivity contribution is 7.98. The Labute approximate surface area is 201 Å². The second kappa shape index (κ2) is 9.44. The van der Waals surface area contributed by atoms with E-state index < -0.39 is 0 Å². The molecule has 1 N–H and O–H groups in total. The van der Waals surface area contributed by atoms with E-state index in [4.69, 9.17) is 0 Å². The number of fused-ring (bicyclic) bond motifs is 1. The second-order valence-electron chi connectivity index (χ2n) is 7.83. The van der Waals surface area contributed by atoms with E-state index in [-0.39, 0.29) is 11.6 Å². The first-order chi connectivity index (χ1) is 16.6. The zero-order chi connectivity index (χ0) is 23.5. The summed E-state index contributed by atoms with van der Waals surface area (Å²) < 4.78 is 1.70. The van der Waals surface area contributed by atoms with E-state index in [0.29, 0.717) is 16.6 Å². The number of benzene rings is 3. The monoisotopic (exact) mass is 466 g/mol. The number of amides is 1. The molecule has 0 saturated carbocycles. The smallest absolute Gasteiger partial charge is 0.278 e.